The van der Waals surface area contributed by atoms with Crippen LogP contribution < -0.4 is 15.1 Å². The SMILES string of the molecule is CCCCCCCCCCCCCCCCC[CH2][Ca+].CCCCCCCCCCCCCCCCC[CH2][Ca+].CCCCCCCCCCCCCCCCC[CH2][Ca+].[O-]B([O-])[O-]. The first-order chi connectivity index (χ1) is 30.0. The zero-order valence-electron chi connectivity index (χ0n) is 43.0. The fourth-order valence-electron chi connectivity index (χ4n) is 8.17. The van der Waals surface area contributed by atoms with E-state index in [4.69, 9.17) is 15.1 Å². The Morgan fingerprint density at radius 1 is 0.197 bits per heavy atom. The molecule has 0 heterocycles. The molecule has 0 bridgehead atoms. The van der Waals surface area contributed by atoms with Gasteiger partial charge in [-0.15, -0.1) is 0 Å². The normalized spacial score (nSPS) is 10.8. The largest absolute Gasteiger partial charge is 0.907 e. The van der Waals surface area contributed by atoms with Crippen molar-refractivity contribution in [3.63, 3.8) is 0 Å². The molecular weight excluding hydrogens is 828 g/mol. The zero-order chi connectivity index (χ0) is 45.6. The van der Waals surface area contributed by atoms with Gasteiger partial charge in [0.1, 0.15) is 0 Å². The molecule has 0 unspecified atom stereocenters. The Balaban J connectivity index is -0.000000381. The fourth-order valence-corrected chi connectivity index (χ4v) is 9.83. The van der Waals surface area contributed by atoms with E-state index in [-0.39, 0.29) is 0 Å². The second kappa shape index (κ2) is 75.2. The fraction of sp³-hybridized carbons (Fsp3) is 1.00. The van der Waals surface area contributed by atoms with Crippen LogP contribution in [0.2, 0.25) is 7.55 Å². The maximum atomic E-state index is 8.42. The number of rotatable bonds is 48. The summed E-state index contributed by atoms with van der Waals surface area (Å²) in [6.45, 7) is 6.89. The Hall–Kier alpha value is 3.72. The second-order valence-corrected chi connectivity index (χ2v) is 22.1. The van der Waals surface area contributed by atoms with Gasteiger partial charge in [0.05, 0.1) is 0 Å². The molecule has 0 aromatic heterocycles. The van der Waals surface area contributed by atoms with Crippen molar-refractivity contribution in [3.05, 3.63) is 0 Å². The topological polar surface area (TPSA) is 69.2 Å². The molecule has 0 spiro atoms. The molecule has 0 saturated heterocycles. The van der Waals surface area contributed by atoms with Gasteiger partial charge in [0.2, 0.25) is 0 Å². The van der Waals surface area contributed by atoms with Crippen LogP contribution in [0.1, 0.15) is 329 Å². The molecule has 7 heteroatoms. The van der Waals surface area contributed by atoms with E-state index >= 15 is 0 Å². The number of hydrogen-bond acceptors (Lipinski definition) is 3. The van der Waals surface area contributed by atoms with Crippen LogP contribution >= 0.6 is 0 Å². The summed E-state index contributed by atoms with van der Waals surface area (Å²) in [6.07, 6.45) is 71.1. The smallest absolute Gasteiger partial charge is 0.278 e. The minimum atomic E-state index is -2.92. The van der Waals surface area contributed by atoms with Gasteiger partial charge in [-0.25, -0.2) is 0 Å². The van der Waals surface area contributed by atoms with Crippen LogP contribution in [-0.4, -0.2) is 115 Å². The molecule has 0 amide bonds. The molecule has 0 fully saturated rings. The summed E-state index contributed by atoms with van der Waals surface area (Å²) in [5.74, 6) is 0. The Kier molecular flexibility index (Phi) is 87.9. The van der Waals surface area contributed by atoms with Gasteiger partial charge in [0, 0.05) is 0 Å². The molecule has 0 aliphatic heterocycles. The third-order valence-corrected chi connectivity index (χ3v) is 14.7. The van der Waals surface area contributed by atoms with Crippen molar-refractivity contribution in [2.75, 3.05) is 0 Å². The van der Waals surface area contributed by atoms with Gasteiger partial charge >= 0.3 is 327 Å². The predicted octanol–water partition coefficient (Wildman–Crippen LogP) is 16.6. The molecule has 61 heavy (non-hydrogen) atoms. The van der Waals surface area contributed by atoms with Gasteiger partial charge in [-0.1, -0.05) is 117 Å². The third kappa shape index (κ3) is 90.7. The predicted molar refractivity (Wildman–Crippen MR) is 276 cm³/mol. The first-order valence-corrected chi connectivity index (χ1v) is 33.0. The first kappa shape index (κ1) is 71.3. The van der Waals surface area contributed by atoms with E-state index in [0.717, 1.165) is 0 Å². The third-order valence-electron chi connectivity index (χ3n) is 12.3. The van der Waals surface area contributed by atoms with Crippen LogP contribution in [0.15, 0.2) is 0 Å². The van der Waals surface area contributed by atoms with E-state index in [1.165, 1.54) is 423 Å². The summed E-state index contributed by atoms with van der Waals surface area (Å²) in [4.78, 5) is 0. The summed E-state index contributed by atoms with van der Waals surface area (Å²) >= 11 is 4.50. The van der Waals surface area contributed by atoms with E-state index < -0.39 is 7.32 Å². The van der Waals surface area contributed by atoms with Crippen LogP contribution in [-0.2, 0) is 0 Å². The average molecular weight is 940 g/mol. The van der Waals surface area contributed by atoms with Crippen molar-refractivity contribution in [2.24, 2.45) is 0 Å². The molecule has 0 saturated carbocycles. The maximum absolute atomic E-state index is 8.42. The Labute approximate surface area is 460 Å². The van der Waals surface area contributed by atoms with E-state index in [0.29, 0.717) is 0 Å². The van der Waals surface area contributed by atoms with Crippen molar-refractivity contribution in [3.8, 4) is 0 Å². The Bertz CT molecular complexity index is 529. The molecular formula is C54H111BCa3O3. The first-order valence-electron chi connectivity index (χ1n) is 28.3. The van der Waals surface area contributed by atoms with Crippen molar-refractivity contribution >= 4 is 115 Å². The van der Waals surface area contributed by atoms with E-state index in [9.17, 15) is 0 Å². The van der Waals surface area contributed by atoms with E-state index in [2.05, 4.69) is 20.8 Å². The summed E-state index contributed by atoms with van der Waals surface area (Å²) < 4.78 is 4.50. The van der Waals surface area contributed by atoms with Gasteiger partial charge in [-0.2, -0.15) is 0 Å². The quantitative estimate of drug-likeness (QED) is 0.0451. The number of unbranched alkanes of at least 4 members (excludes halogenated alkanes) is 45. The van der Waals surface area contributed by atoms with Gasteiger partial charge in [0.25, 0.3) is 0 Å². The van der Waals surface area contributed by atoms with Gasteiger partial charge in [-0.05, 0) is 0 Å². The molecule has 0 aliphatic rings. The monoisotopic (exact) mass is 939 g/mol. The van der Waals surface area contributed by atoms with Crippen molar-refractivity contribution < 1.29 is 15.1 Å². The summed E-state index contributed by atoms with van der Waals surface area (Å²) in [6, 6.07) is 0. The minimum absolute atomic E-state index is 1.38. The molecule has 0 N–H and O–H groups in total. The van der Waals surface area contributed by atoms with Gasteiger partial charge < -0.3 is 15.1 Å². The molecule has 0 atom stereocenters. The standard InChI is InChI=1S/3C18H37.BO3.3Ca/c3*1-3-5-7-9-11-13-15-17-18-16-14-12-10-8-6-4-2;2-1(3)4;;;/h3*1,3-18H2,2H3;;;;/q;;;-3;3*+1. The van der Waals surface area contributed by atoms with Crippen LogP contribution in [0.5, 0.6) is 0 Å². The summed E-state index contributed by atoms with van der Waals surface area (Å²) in [5.41, 5.74) is 0. The molecule has 0 rings (SSSR count). The minimum Gasteiger partial charge on any atom is -0.907 e. The van der Waals surface area contributed by atoms with Crippen LogP contribution in [0, 0.1) is 0 Å². The van der Waals surface area contributed by atoms with Crippen LogP contribution in [0.3, 0.4) is 0 Å². The molecule has 0 aromatic carbocycles. The molecule has 3 nitrogen and oxygen atoms in total. The summed E-state index contributed by atoms with van der Waals surface area (Å²) in [7, 11) is -2.92. The molecule has 0 aromatic rings. The van der Waals surface area contributed by atoms with Gasteiger partial charge in [-0.3, -0.25) is 7.32 Å². The van der Waals surface area contributed by atoms with E-state index in [1.807, 2.05) is 0 Å². The molecule has 0 aliphatic carbocycles. The van der Waals surface area contributed by atoms with Crippen molar-refractivity contribution in [2.45, 2.75) is 337 Å². The van der Waals surface area contributed by atoms with Crippen molar-refractivity contribution in [1.82, 2.24) is 0 Å². The van der Waals surface area contributed by atoms with Crippen LogP contribution in [0.4, 0.5) is 0 Å². The zero-order valence-corrected chi connectivity index (χ0v) is 49.6. The Morgan fingerprint density at radius 2 is 0.279 bits per heavy atom. The second-order valence-electron chi connectivity index (χ2n) is 18.8. The molecule has 354 valence electrons. The summed E-state index contributed by atoms with van der Waals surface area (Å²) in [5, 5.41) is 25.2. The maximum Gasteiger partial charge on any atom is -0.278 e. The van der Waals surface area contributed by atoms with Gasteiger partial charge in [0.15, 0.2) is 0 Å². The van der Waals surface area contributed by atoms with Crippen molar-refractivity contribution in [1.29, 1.82) is 0 Å². The Morgan fingerprint density at radius 3 is 0.361 bits per heavy atom. The number of hydrogen-bond donors (Lipinski definition) is 0. The average Bonchev–Trinajstić information content (AvgIpc) is 3.25. The van der Waals surface area contributed by atoms with Crippen LogP contribution in [0.25, 0.3) is 0 Å². The molecule has 0 radical (unpaired) electrons. The van der Waals surface area contributed by atoms with E-state index in [1.54, 1.807) is 0 Å².